The highest BCUT2D eigenvalue weighted by Crippen LogP contribution is 2.36. The smallest absolute Gasteiger partial charge is 0.317 e. The van der Waals surface area contributed by atoms with E-state index in [0.717, 1.165) is 0 Å². The van der Waals surface area contributed by atoms with Crippen molar-refractivity contribution in [3.8, 4) is 0 Å². The number of likely N-dealkylation sites (N-methyl/N-ethyl adjacent to an activating group) is 1. The Kier molecular flexibility index (Phi) is 2.52. The van der Waals surface area contributed by atoms with Gasteiger partial charge in [0.25, 0.3) is 0 Å². The Morgan fingerprint density at radius 1 is 1.53 bits per heavy atom. The Morgan fingerprint density at radius 3 is 2.80 bits per heavy atom. The largest absolute Gasteiger partial charge is 0.468 e. The molecule has 1 N–H and O–H groups in total. The zero-order chi connectivity index (χ0) is 11.2. The first kappa shape index (κ1) is 10.6. The summed E-state index contributed by atoms with van der Waals surface area (Å²) < 4.78 is 4.63. The molecule has 0 spiro atoms. The minimum atomic E-state index is -0.714. The van der Waals surface area contributed by atoms with Crippen LogP contribution in [0, 0.1) is 5.92 Å². The summed E-state index contributed by atoms with van der Waals surface area (Å²) in [4.78, 5) is 25.1. The first-order valence-electron chi connectivity index (χ1n) is 5.06. The number of Topliss-reactive ketones (excluding diaryl/α,β-unsaturated/α-hetero) is 1. The quantitative estimate of drug-likeness (QED) is 0.455. The van der Waals surface area contributed by atoms with Crippen molar-refractivity contribution in [2.75, 3.05) is 14.2 Å². The number of aliphatic hydroxyl groups excluding tert-OH is 1. The van der Waals surface area contributed by atoms with Crippen LogP contribution < -0.4 is 0 Å². The zero-order valence-electron chi connectivity index (χ0n) is 8.84. The van der Waals surface area contributed by atoms with Gasteiger partial charge in [-0.05, 0) is 13.5 Å². The van der Waals surface area contributed by atoms with Crippen molar-refractivity contribution in [2.45, 2.75) is 31.0 Å². The number of carbonyl (C=O) groups is 2. The Hall–Kier alpha value is -0.940. The van der Waals surface area contributed by atoms with Crippen LogP contribution in [0.25, 0.3) is 0 Å². The maximum Gasteiger partial charge on any atom is 0.317 e. The summed E-state index contributed by atoms with van der Waals surface area (Å²) in [7, 11) is 3.13. The first-order valence-corrected chi connectivity index (χ1v) is 5.06. The Bertz CT molecular complexity index is 304. The lowest BCUT2D eigenvalue weighted by atomic mass is 9.89. The van der Waals surface area contributed by atoms with E-state index in [0.29, 0.717) is 6.42 Å². The van der Waals surface area contributed by atoms with Gasteiger partial charge in [0.1, 0.15) is 11.7 Å². The van der Waals surface area contributed by atoms with Crippen LogP contribution in [0.5, 0.6) is 0 Å². The van der Waals surface area contributed by atoms with Gasteiger partial charge >= 0.3 is 5.97 Å². The fourth-order valence-corrected chi connectivity index (χ4v) is 2.70. The van der Waals surface area contributed by atoms with E-state index in [-0.39, 0.29) is 24.3 Å². The molecule has 0 amide bonds. The van der Waals surface area contributed by atoms with Gasteiger partial charge in [-0.15, -0.1) is 0 Å². The number of methoxy groups -OCH3 is 1. The fraction of sp³-hybridized carbons (Fsp3) is 0.800. The van der Waals surface area contributed by atoms with Gasteiger partial charge in [-0.1, -0.05) is 0 Å². The lowest BCUT2D eigenvalue weighted by molar-refractivity contribution is -0.154. The predicted octanol–water partition coefficient (Wildman–Crippen LogP) is -0.818. The van der Waals surface area contributed by atoms with Gasteiger partial charge in [-0.25, -0.2) is 0 Å². The van der Waals surface area contributed by atoms with Gasteiger partial charge in [0.05, 0.1) is 13.2 Å². The van der Waals surface area contributed by atoms with Crippen LogP contribution in [0.3, 0.4) is 0 Å². The van der Waals surface area contributed by atoms with Gasteiger partial charge in [0.15, 0.2) is 0 Å². The highest BCUT2D eigenvalue weighted by Gasteiger charge is 2.52. The molecule has 84 valence electrons. The number of ether oxygens (including phenoxy) is 1. The average molecular weight is 213 g/mol. The lowest BCUT2D eigenvalue weighted by Crippen LogP contribution is -2.51. The number of ketones is 1. The van der Waals surface area contributed by atoms with E-state index in [1.165, 1.54) is 7.11 Å². The number of fused-ring (bicyclic) bond motifs is 2. The Balaban J connectivity index is 2.26. The molecule has 0 saturated carbocycles. The van der Waals surface area contributed by atoms with Crippen molar-refractivity contribution in [3.05, 3.63) is 0 Å². The lowest BCUT2D eigenvalue weighted by Gasteiger charge is -2.34. The van der Waals surface area contributed by atoms with E-state index < -0.39 is 18.0 Å². The Morgan fingerprint density at radius 2 is 2.20 bits per heavy atom. The molecule has 0 radical (unpaired) electrons. The number of carbonyl (C=O) groups excluding carboxylic acids is 2. The van der Waals surface area contributed by atoms with Crippen LogP contribution in [-0.2, 0) is 14.3 Å². The van der Waals surface area contributed by atoms with Crippen LogP contribution in [-0.4, -0.2) is 54.1 Å². The van der Waals surface area contributed by atoms with E-state index in [2.05, 4.69) is 4.74 Å². The molecular weight excluding hydrogens is 198 g/mol. The molecule has 2 fully saturated rings. The number of hydrogen-bond acceptors (Lipinski definition) is 5. The van der Waals surface area contributed by atoms with E-state index >= 15 is 0 Å². The molecule has 0 aliphatic carbocycles. The van der Waals surface area contributed by atoms with Crippen molar-refractivity contribution in [3.63, 3.8) is 0 Å². The van der Waals surface area contributed by atoms with Gasteiger partial charge < -0.3 is 9.84 Å². The van der Waals surface area contributed by atoms with Crippen LogP contribution in [0.1, 0.15) is 12.8 Å². The predicted molar refractivity (Wildman–Crippen MR) is 51.1 cm³/mol. The second kappa shape index (κ2) is 3.57. The molecule has 2 aliphatic heterocycles. The molecule has 2 saturated heterocycles. The summed E-state index contributed by atoms with van der Waals surface area (Å²) >= 11 is 0. The second-order valence-corrected chi connectivity index (χ2v) is 4.27. The van der Waals surface area contributed by atoms with E-state index in [9.17, 15) is 14.7 Å². The molecule has 2 aliphatic rings. The van der Waals surface area contributed by atoms with Crippen molar-refractivity contribution in [2.24, 2.45) is 5.92 Å². The van der Waals surface area contributed by atoms with E-state index in [4.69, 9.17) is 0 Å². The van der Waals surface area contributed by atoms with Crippen molar-refractivity contribution in [1.82, 2.24) is 4.90 Å². The molecule has 4 atom stereocenters. The number of aliphatic hydroxyl groups is 1. The highest BCUT2D eigenvalue weighted by molar-refractivity contribution is 6.01. The molecule has 2 heterocycles. The molecule has 2 bridgehead atoms. The number of hydrogen-bond donors (Lipinski definition) is 1. The Labute approximate surface area is 88.0 Å². The molecular formula is C10H15NO4. The van der Waals surface area contributed by atoms with Crippen LogP contribution in [0.15, 0.2) is 0 Å². The van der Waals surface area contributed by atoms with Crippen molar-refractivity contribution >= 4 is 11.8 Å². The second-order valence-electron chi connectivity index (χ2n) is 4.27. The SMILES string of the molecule is COC(=O)[C@@H]1C(=O)CC2[C@@H](O)CC1N2C. The summed E-state index contributed by atoms with van der Waals surface area (Å²) in [5.41, 5.74) is 0. The van der Waals surface area contributed by atoms with E-state index in [1.54, 1.807) is 0 Å². The van der Waals surface area contributed by atoms with Crippen molar-refractivity contribution < 1.29 is 19.4 Å². The first-order chi connectivity index (χ1) is 7.06. The number of esters is 1. The molecule has 5 heteroatoms. The van der Waals surface area contributed by atoms with Gasteiger partial charge in [0.2, 0.25) is 0 Å². The van der Waals surface area contributed by atoms with Gasteiger partial charge in [-0.2, -0.15) is 0 Å². The molecule has 0 aromatic rings. The maximum absolute atomic E-state index is 11.7. The molecule has 15 heavy (non-hydrogen) atoms. The summed E-state index contributed by atoms with van der Waals surface area (Å²) in [6, 6.07) is -0.317. The summed E-state index contributed by atoms with van der Waals surface area (Å²) in [5.74, 6) is -1.30. The molecule has 0 aromatic heterocycles. The monoisotopic (exact) mass is 213 g/mol. The third kappa shape index (κ3) is 1.46. The van der Waals surface area contributed by atoms with Gasteiger partial charge in [-0.3, -0.25) is 14.5 Å². The van der Waals surface area contributed by atoms with Crippen molar-refractivity contribution in [1.29, 1.82) is 0 Å². The van der Waals surface area contributed by atoms with Gasteiger partial charge in [0, 0.05) is 18.5 Å². The third-order valence-electron chi connectivity index (χ3n) is 3.57. The average Bonchev–Trinajstić information content (AvgIpc) is 2.39. The third-order valence-corrected chi connectivity index (χ3v) is 3.57. The van der Waals surface area contributed by atoms with Crippen LogP contribution in [0.4, 0.5) is 0 Å². The normalized spacial score (nSPS) is 40.6. The fourth-order valence-electron chi connectivity index (χ4n) is 2.70. The molecule has 0 aromatic carbocycles. The zero-order valence-corrected chi connectivity index (χ0v) is 8.84. The number of piperidine rings is 1. The molecule has 5 nitrogen and oxygen atoms in total. The molecule has 2 rings (SSSR count). The topological polar surface area (TPSA) is 66.8 Å². The van der Waals surface area contributed by atoms with E-state index in [1.807, 2.05) is 11.9 Å². The van der Waals surface area contributed by atoms with Crippen LogP contribution >= 0.6 is 0 Å². The number of rotatable bonds is 1. The number of nitrogens with zero attached hydrogens (tertiary/aromatic N) is 1. The molecule has 2 unspecified atom stereocenters. The maximum atomic E-state index is 11.7. The summed E-state index contributed by atoms with van der Waals surface area (Å²) in [6.07, 6.45) is 0.222. The summed E-state index contributed by atoms with van der Waals surface area (Å²) in [5, 5.41) is 9.71. The minimum Gasteiger partial charge on any atom is -0.468 e. The summed E-state index contributed by atoms with van der Waals surface area (Å²) in [6.45, 7) is 0. The highest BCUT2D eigenvalue weighted by atomic mass is 16.5. The standard InChI is InChI=1S/C10H15NO4/c1-11-5-3-8(13)9(10(14)15-2)6(11)4-7(5)12/h5-7,9,12H,3-4H2,1-2H3/t5?,6?,7-,9-/m0/s1. The van der Waals surface area contributed by atoms with Crippen LogP contribution in [0.2, 0.25) is 0 Å². The minimum absolute atomic E-state index is 0.105.